The Morgan fingerprint density at radius 3 is 2.72 bits per heavy atom. The van der Waals surface area contributed by atoms with E-state index in [9.17, 15) is 14.4 Å². The van der Waals surface area contributed by atoms with Gasteiger partial charge in [0.1, 0.15) is 12.3 Å². The van der Waals surface area contributed by atoms with Gasteiger partial charge in [-0.05, 0) is 6.07 Å². The Labute approximate surface area is 102 Å². The number of nitrogens with one attached hydrogen (secondary N) is 1. The van der Waals surface area contributed by atoms with E-state index in [1.807, 2.05) is 0 Å². The highest BCUT2D eigenvalue weighted by molar-refractivity contribution is 5.96. The van der Waals surface area contributed by atoms with Gasteiger partial charge in [-0.2, -0.15) is 0 Å². The molecule has 2 N–H and O–H groups in total. The van der Waals surface area contributed by atoms with Crippen LogP contribution >= 0.6 is 0 Å². The lowest BCUT2D eigenvalue weighted by Crippen LogP contribution is -2.41. The van der Waals surface area contributed by atoms with E-state index in [0.717, 1.165) is 12.3 Å². The SMILES string of the molecule is COCCC(NC(=O)c1ccc(=O)oc1)C(=O)O. The van der Waals surface area contributed by atoms with Crippen LogP contribution in [-0.4, -0.2) is 36.7 Å². The fourth-order valence-electron chi connectivity index (χ4n) is 1.22. The van der Waals surface area contributed by atoms with Crippen molar-refractivity contribution in [2.24, 2.45) is 0 Å². The van der Waals surface area contributed by atoms with Crippen LogP contribution in [0.2, 0.25) is 0 Å². The summed E-state index contributed by atoms with van der Waals surface area (Å²) in [7, 11) is 1.44. The monoisotopic (exact) mass is 255 g/mol. The third-order valence-corrected chi connectivity index (χ3v) is 2.18. The van der Waals surface area contributed by atoms with E-state index < -0.39 is 23.5 Å². The minimum Gasteiger partial charge on any atom is -0.480 e. The van der Waals surface area contributed by atoms with Crippen LogP contribution < -0.4 is 10.9 Å². The molecule has 1 unspecified atom stereocenters. The van der Waals surface area contributed by atoms with Crippen LogP contribution in [-0.2, 0) is 9.53 Å². The third-order valence-electron chi connectivity index (χ3n) is 2.18. The highest BCUT2D eigenvalue weighted by Crippen LogP contribution is 1.99. The molecule has 1 atom stereocenters. The highest BCUT2D eigenvalue weighted by atomic mass is 16.5. The Balaban J connectivity index is 2.68. The second-order valence-electron chi connectivity index (χ2n) is 3.49. The minimum atomic E-state index is -1.15. The third kappa shape index (κ3) is 4.02. The lowest BCUT2D eigenvalue weighted by molar-refractivity contribution is -0.139. The van der Waals surface area contributed by atoms with Gasteiger partial charge in [0.2, 0.25) is 0 Å². The van der Waals surface area contributed by atoms with Crippen molar-refractivity contribution >= 4 is 11.9 Å². The van der Waals surface area contributed by atoms with Crippen LogP contribution in [0.5, 0.6) is 0 Å². The molecular formula is C11H13NO6. The molecule has 0 radical (unpaired) electrons. The zero-order valence-corrected chi connectivity index (χ0v) is 9.71. The zero-order chi connectivity index (χ0) is 13.5. The number of hydrogen-bond acceptors (Lipinski definition) is 5. The van der Waals surface area contributed by atoms with Crippen molar-refractivity contribution in [1.82, 2.24) is 5.32 Å². The fourth-order valence-corrected chi connectivity index (χ4v) is 1.22. The van der Waals surface area contributed by atoms with E-state index in [4.69, 9.17) is 9.84 Å². The summed E-state index contributed by atoms with van der Waals surface area (Å²) < 4.78 is 9.27. The molecule has 98 valence electrons. The second kappa shape index (κ2) is 6.55. The first-order valence-electron chi connectivity index (χ1n) is 5.16. The number of carboxylic acid groups (broad SMARTS) is 1. The molecule has 0 bridgehead atoms. The Morgan fingerprint density at radius 1 is 1.50 bits per heavy atom. The van der Waals surface area contributed by atoms with Crippen LogP contribution in [0.3, 0.4) is 0 Å². The second-order valence-corrected chi connectivity index (χ2v) is 3.49. The molecule has 18 heavy (non-hydrogen) atoms. The number of carboxylic acids is 1. The summed E-state index contributed by atoms with van der Waals surface area (Å²) in [6.07, 6.45) is 1.13. The van der Waals surface area contributed by atoms with Crippen LogP contribution in [0.4, 0.5) is 0 Å². The largest absolute Gasteiger partial charge is 0.480 e. The molecule has 1 rings (SSSR count). The van der Waals surface area contributed by atoms with Gasteiger partial charge >= 0.3 is 11.6 Å². The Morgan fingerprint density at radius 2 is 2.22 bits per heavy atom. The van der Waals surface area contributed by atoms with Gasteiger partial charge in [-0.25, -0.2) is 9.59 Å². The number of ether oxygens (including phenoxy) is 1. The molecule has 7 nitrogen and oxygen atoms in total. The predicted molar refractivity (Wildman–Crippen MR) is 60.4 cm³/mol. The van der Waals surface area contributed by atoms with E-state index in [1.165, 1.54) is 13.2 Å². The molecule has 7 heteroatoms. The lowest BCUT2D eigenvalue weighted by Gasteiger charge is -2.13. The molecular weight excluding hydrogens is 242 g/mol. The molecule has 0 aliphatic heterocycles. The van der Waals surface area contributed by atoms with Crippen LogP contribution in [0.1, 0.15) is 16.8 Å². The van der Waals surface area contributed by atoms with E-state index in [1.54, 1.807) is 0 Å². The topological polar surface area (TPSA) is 106 Å². The maximum Gasteiger partial charge on any atom is 0.335 e. The van der Waals surface area contributed by atoms with E-state index in [-0.39, 0.29) is 18.6 Å². The van der Waals surface area contributed by atoms with E-state index in [0.29, 0.717) is 0 Å². The smallest absolute Gasteiger partial charge is 0.335 e. The Kier molecular flexibility index (Phi) is 5.06. The molecule has 0 fully saturated rings. The van der Waals surface area contributed by atoms with Crippen molar-refractivity contribution in [3.8, 4) is 0 Å². The summed E-state index contributed by atoms with van der Waals surface area (Å²) >= 11 is 0. The predicted octanol–water partition coefficient (Wildman–Crippen LogP) is -0.141. The highest BCUT2D eigenvalue weighted by Gasteiger charge is 2.20. The number of carbonyl (C=O) groups is 2. The van der Waals surface area contributed by atoms with Gasteiger partial charge in [-0.15, -0.1) is 0 Å². The zero-order valence-electron chi connectivity index (χ0n) is 9.71. The van der Waals surface area contributed by atoms with Gasteiger partial charge in [-0.3, -0.25) is 4.79 Å². The quantitative estimate of drug-likeness (QED) is 0.732. The molecule has 0 aliphatic rings. The van der Waals surface area contributed by atoms with Gasteiger partial charge in [0, 0.05) is 26.2 Å². The molecule has 1 aromatic heterocycles. The van der Waals surface area contributed by atoms with E-state index >= 15 is 0 Å². The normalized spacial score (nSPS) is 11.8. The number of methoxy groups -OCH3 is 1. The summed E-state index contributed by atoms with van der Waals surface area (Å²) in [4.78, 5) is 33.2. The van der Waals surface area contributed by atoms with Crippen LogP contribution in [0.25, 0.3) is 0 Å². The molecule has 0 aromatic carbocycles. The lowest BCUT2D eigenvalue weighted by atomic mass is 10.2. The van der Waals surface area contributed by atoms with Crippen molar-refractivity contribution in [2.45, 2.75) is 12.5 Å². The average molecular weight is 255 g/mol. The number of aliphatic carboxylic acids is 1. The first kappa shape index (κ1) is 13.9. The van der Waals surface area contributed by atoms with Gasteiger partial charge < -0.3 is 19.6 Å². The van der Waals surface area contributed by atoms with Crippen molar-refractivity contribution in [2.75, 3.05) is 13.7 Å². The van der Waals surface area contributed by atoms with Gasteiger partial charge in [0.25, 0.3) is 5.91 Å². The Bertz CT molecular complexity index is 460. The number of rotatable bonds is 6. The minimum absolute atomic E-state index is 0.0817. The van der Waals surface area contributed by atoms with Crippen molar-refractivity contribution < 1.29 is 23.8 Å². The summed E-state index contributed by atoms with van der Waals surface area (Å²) in [6, 6.07) is 1.29. The van der Waals surface area contributed by atoms with Crippen molar-refractivity contribution in [3.05, 3.63) is 34.4 Å². The summed E-state index contributed by atoms with van der Waals surface area (Å²) in [5, 5.41) is 11.2. The van der Waals surface area contributed by atoms with Crippen LogP contribution in [0, 0.1) is 0 Å². The molecule has 1 aromatic rings. The van der Waals surface area contributed by atoms with Crippen LogP contribution in [0.15, 0.2) is 27.6 Å². The molecule has 0 saturated carbocycles. The number of amides is 1. The number of hydrogen-bond donors (Lipinski definition) is 2. The van der Waals surface area contributed by atoms with Gasteiger partial charge in [0.05, 0.1) is 5.56 Å². The van der Waals surface area contributed by atoms with Gasteiger partial charge in [0.15, 0.2) is 0 Å². The summed E-state index contributed by atoms with van der Waals surface area (Å²) in [5.74, 6) is -1.78. The molecule has 1 heterocycles. The van der Waals surface area contributed by atoms with Crippen molar-refractivity contribution in [3.63, 3.8) is 0 Å². The molecule has 0 spiro atoms. The summed E-state index contributed by atoms with van der Waals surface area (Å²) in [6.45, 7) is 0.209. The average Bonchev–Trinajstić information content (AvgIpc) is 2.34. The van der Waals surface area contributed by atoms with E-state index in [2.05, 4.69) is 9.73 Å². The Hall–Kier alpha value is -2.15. The molecule has 1 amide bonds. The molecule has 0 saturated heterocycles. The first-order chi connectivity index (χ1) is 8.54. The molecule has 0 aliphatic carbocycles. The maximum absolute atomic E-state index is 11.7. The number of carbonyl (C=O) groups excluding carboxylic acids is 1. The standard InChI is InChI=1S/C11H13NO6/c1-17-5-4-8(11(15)16)12-10(14)7-2-3-9(13)18-6-7/h2-3,6,8H,4-5H2,1H3,(H,12,14)(H,15,16). The van der Waals surface area contributed by atoms with Crippen molar-refractivity contribution in [1.29, 1.82) is 0 Å². The first-order valence-corrected chi connectivity index (χ1v) is 5.16. The fraction of sp³-hybridized carbons (Fsp3) is 0.364. The summed E-state index contributed by atoms with van der Waals surface area (Å²) in [5.41, 5.74) is -0.501. The maximum atomic E-state index is 11.7. The van der Waals surface area contributed by atoms with Gasteiger partial charge in [-0.1, -0.05) is 0 Å².